The topological polar surface area (TPSA) is 63.1 Å². The van der Waals surface area contributed by atoms with Crippen LogP contribution in [0.15, 0.2) is 22.7 Å². The van der Waals surface area contributed by atoms with Crippen molar-refractivity contribution in [2.45, 2.75) is 6.61 Å². The van der Waals surface area contributed by atoms with Gasteiger partial charge >= 0.3 is 0 Å². The van der Waals surface area contributed by atoms with Crippen molar-refractivity contribution in [1.29, 1.82) is 0 Å². The number of methoxy groups -OCH3 is 1. The van der Waals surface area contributed by atoms with Gasteiger partial charge in [-0.15, -0.1) is 0 Å². The molecule has 0 unspecified atom stereocenters. The Balaban J connectivity index is 2.70. The van der Waals surface area contributed by atoms with Crippen LogP contribution in [-0.2, 0) is 6.61 Å². The summed E-state index contributed by atoms with van der Waals surface area (Å²) in [4.78, 5) is 0. The maximum atomic E-state index is 9.22. The summed E-state index contributed by atoms with van der Waals surface area (Å²) in [7, 11) is 1.58. The fourth-order valence-corrected chi connectivity index (χ4v) is 2.12. The molecule has 7 heteroatoms. The van der Waals surface area contributed by atoms with E-state index in [1.807, 2.05) is 18.2 Å². The number of rotatable bonds is 3. The standard InChI is InChI=1S/C10H10BrN3O2S/c1-16-8-3-2-6(11)4-7(8)14-9(5-15)12-13-10(14)17/h2-4,15H,5H2,1H3,(H,13,17). The van der Waals surface area contributed by atoms with Crippen LogP contribution in [0, 0.1) is 4.77 Å². The molecule has 0 bridgehead atoms. The van der Waals surface area contributed by atoms with Gasteiger partial charge in [0.05, 0.1) is 12.8 Å². The largest absolute Gasteiger partial charge is 0.495 e. The summed E-state index contributed by atoms with van der Waals surface area (Å²) < 4.78 is 8.20. The third-order valence-corrected chi connectivity index (χ3v) is 3.03. The van der Waals surface area contributed by atoms with Crippen LogP contribution in [0.2, 0.25) is 0 Å². The molecule has 0 aliphatic heterocycles. The lowest BCUT2D eigenvalue weighted by atomic mass is 10.3. The number of nitrogens with one attached hydrogen (secondary N) is 1. The minimum atomic E-state index is -0.206. The highest BCUT2D eigenvalue weighted by atomic mass is 79.9. The second-order valence-corrected chi connectivity index (χ2v) is 4.56. The molecule has 1 heterocycles. The SMILES string of the molecule is COc1ccc(Br)cc1-n1c(CO)n[nH]c1=S. The Morgan fingerprint density at radius 2 is 2.35 bits per heavy atom. The number of nitrogens with zero attached hydrogens (tertiary/aromatic N) is 2. The van der Waals surface area contributed by atoms with Gasteiger partial charge in [0.15, 0.2) is 10.6 Å². The smallest absolute Gasteiger partial charge is 0.200 e. The fraction of sp³-hybridized carbons (Fsp3) is 0.200. The summed E-state index contributed by atoms with van der Waals surface area (Å²) in [5.41, 5.74) is 0.727. The molecule has 0 spiro atoms. The van der Waals surface area contributed by atoms with Crippen LogP contribution in [0.3, 0.4) is 0 Å². The lowest BCUT2D eigenvalue weighted by Gasteiger charge is -2.10. The molecule has 0 radical (unpaired) electrons. The Kier molecular flexibility index (Phi) is 3.60. The zero-order valence-electron chi connectivity index (χ0n) is 8.98. The highest BCUT2D eigenvalue weighted by Gasteiger charge is 2.12. The van der Waals surface area contributed by atoms with E-state index in [0.29, 0.717) is 16.3 Å². The van der Waals surface area contributed by atoms with Gasteiger partial charge in [-0.1, -0.05) is 15.9 Å². The molecule has 0 atom stereocenters. The second kappa shape index (κ2) is 4.99. The average molecular weight is 316 g/mol. The molecule has 2 aromatic rings. The molecule has 1 aromatic carbocycles. The molecule has 0 aliphatic rings. The molecule has 2 N–H and O–H groups in total. The Hall–Kier alpha value is -1.18. The van der Waals surface area contributed by atoms with Gasteiger partial charge in [-0.25, -0.2) is 0 Å². The summed E-state index contributed by atoms with van der Waals surface area (Å²) in [6.45, 7) is -0.206. The highest BCUT2D eigenvalue weighted by molar-refractivity contribution is 9.10. The summed E-state index contributed by atoms with van der Waals surface area (Å²) in [6.07, 6.45) is 0. The van der Waals surface area contributed by atoms with E-state index in [1.54, 1.807) is 11.7 Å². The Morgan fingerprint density at radius 1 is 1.59 bits per heavy atom. The van der Waals surface area contributed by atoms with Crippen molar-refractivity contribution >= 4 is 28.1 Å². The van der Waals surface area contributed by atoms with E-state index in [1.165, 1.54) is 0 Å². The van der Waals surface area contributed by atoms with Crippen LogP contribution in [0.1, 0.15) is 5.82 Å². The maximum absolute atomic E-state index is 9.22. The maximum Gasteiger partial charge on any atom is 0.200 e. The van der Waals surface area contributed by atoms with Gasteiger partial charge in [-0.05, 0) is 30.4 Å². The highest BCUT2D eigenvalue weighted by Crippen LogP contribution is 2.27. The minimum Gasteiger partial charge on any atom is -0.495 e. The van der Waals surface area contributed by atoms with Crippen molar-refractivity contribution in [3.8, 4) is 11.4 Å². The third kappa shape index (κ3) is 2.26. The summed E-state index contributed by atoms with van der Waals surface area (Å²) in [5, 5.41) is 15.8. The van der Waals surface area contributed by atoms with Crippen LogP contribution < -0.4 is 4.74 Å². The Bertz CT molecular complexity index is 593. The fourth-order valence-electron chi connectivity index (χ4n) is 1.52. The Morgan fingerprint density at radius 3 is 3.00 bits per heavy atom. The number of aromatic nitrogens is 3. The number of ether oxygens (including phenoxy) is 1. The number of benzene rings is 1. The number of hydrogen-bond donors (Lipinski definition) is 2. The van der Waals surface area contributed by atoms with Crippen LogP contribution in [0.25, 0.3) is 5.69 Å². The molecule has 17 heavy (non-hydrogen) atoms. The summed E-state index contributed by atoms with van der Waals surface area (Å²) >= 11 is 8.52. The average Bonchev–Trinajstić information content (AvgIpc) is 2.70. The molecule has 1 aromatic heterocycles. The molecule has 0 amide bonds. The molecule has 0 saturated carbocycles. The quantitative estimate of drug-likeness (QED) is 0.852. The van der Waals surface area contributed by atoms with E-state index in [4.69, 9.17) is 17.0 Å². The first-order valence-corrected chi connectivity index (χ1v) is 5.98. The van der Waals surface area contributed by atoms with E-state index >= 15 is 0 Å². The lowest BCUT2D eigenvalue weighted by Crippen LogP contribution is -2.03. The second-order valence-electron chi connectivity index (χ2n) is 3.25. The predicted octanol–water partition coefficient (Wildman–Crippen LogP) is 2.19. The molecule has 90 valence electrons. The van der Waals surface area contributed by atoms with Gasteiger partial charge < -0.3 is 9.84 Å². The monoisotopic (exact) mass is 315 g/mol. The number of hydrogen-bond acceptors (Lipinski definition) is 4. The zero-order chi connectivity index (χ0) is 12.4. The van der Waals surface area contributed by atoms with Crippen molar-refractivity contribution in [2.24, 2.45) is 0 Å². The molecular weight excluding hydrogens is 306 g/mol. The van der Waals surface area contributed by atoms with E-state index in [2.05, 4.69) is 26.1 Å². The van der Waals surface area contributed by atoms with E-state index in [9.17, 15) is 5.11 Å². The number of aliphatic hydroxyl groups is 1. The molecule has 0 aliphatic carbocycles. The van der Waals surface area contributed by atoms with Crippen LogP contribution >= 0.6 is 28.1 Å². The van der Waals surface area contributed by atoms with Crippen molar-refractivity contribution in [2.75, 3.05) is 7.11 Å². The molecule has 5 nitrogen and oxygen atoms in total. The van der Waals surface area contributed by atoms with Crippen molar-refractivity contribution in [3.63, 3.8) is 0 Å². The van der Waals surface area contributed by atoms with Crippen molar-refractivity contribution in [3.05, 3.63) is 33.3 Å². The molecular formula is C10H10BrN3O2S. The van der Waals surface area contributed by atoms with Crippen LogP contribution in [-0.4, -0.2) is 27.0 Å². The van der Waals surface area contributed by atoms with Gasteiger partial charge in [0.1, 0.15) is 12.4 Å². The van der Waals surface area contributed by atoms with E-state index in [0.717, 1.165) is 10.2 Å². The van der Waals surface area contributed by atoms with Gasteiger partial charge in [0.2, 0.25) is 0 Å². The van der Waals surface area contributed by atoms with Crippen LogP contribution in [0.5, 0.6) is 5.75 Å². The first-order valence-electron chi connectivity index (χ1n) is 4.78. The van der Waals surface area contributed by atoms with Crippen LogP contribution in [0.4, 0.5) is 0 Å². The first-order chi connectivity index (χ1) is 8.17. The third-order valence-electron chi connectivity index (χ3n) is 2.27. The summed E-state index contributed by atoms with van der Waals surface area (Å²) in [5.74, 6) is 1.09. The lowest BCUT2D eigenvalue weighted by molar-refractivity contribution is 0.268. The number of aromatic amines is 1. The zero-order valence-corrected chi connectivity index (χ0v) is 11.4. The molecule has 2 rings (SSSR count). The normalized spacial score (nSPS) is 10.5. The van der Waals surface area contributed by atoms with Crippen molar-refractivity contribution < 1.29 is 9.84 Å². The molecule has 0 saturated heterocycles. The van der Waals surface area contributed by atoms with Gasteiger partial charge in [0.25, 0.3) is 0 Å². The van der Waals surface area contributed by atoms with E-state index in [-0.39, 0.29) is 6.61 Å². The van der Waals surface area contributed by atoms with Gasteiger partial charge in [0, 0.05) is 4.47 Å². The van der Waals surface area contributed by atoms with Gasteiger partial charge in [-0.3, -0.25) is 9.67 Å². The molecule has 0 fully saturated rings. The van der Waals surface area contributed by atoms with Gasteiger partial charge in [-0.2, -0.15) is 5.10 Å². The minimum absolute atomic E-state index is 0.206. The predicted molar refractivity (Wildman–Crippen MR) is 68.9 cm³/mol. The number of aliphatic hydroxyl groups excluding tert-OH is 1. The Labute approximate surface area is 111 Å². The summed E-state index contributed by atoms with van der Waals surface area (Å²) in [6, 6.07) is 5.53. The number of halogens is 1. The van der Waals surface area contributed by atoms with Crippen molar-refractivity contribution in [1.82, 2.24) is 14.8 Å². The number of H-pyrrole nitrogens is 1. The first kappa shape index (κ1) is 12.3. The van der Waals surface area contributed by atoms with E-state index < -0.39 is 0 Å².